The molecule has 0 aliphatic rings. The minimum Gasteiger partial charge on any atom is -0.409 e. The van der Waals surface area contributed by atoms with Gasteiger partial charge in [0.2, 0.25) is 0 Å². The van der Waals surface area contributed by atoms with Crippen LogP contribution < -0.4 is 5.73 Å². The maximum atomic E-state index is 8.73. The van der Waals surface area contributed by atoms with E-state index in [9.17, 15) is 0 Å². The molecular weight excluding hydrogens is 240 g/mol. The number of aryl methyl sites for hydroxylation is 1. The van der Waals surface area contributed by atoms with Crippen LogP contribution in [-0.2, 0) is 0 Å². The molecule has 0 aliphatic carbocycles. The Labute approximate surface area is 103 Å². The molecule has 0 spiro atoms. The molecule has 0 aliphatic heterocycles. The molecular formula is C11H11ClN4O. The molecule has 2 rings (SSSR count). The van der Waals surface area contributed by atoms with Gasteiger partial charge < -0.3 is 10.9 Å². The summed E-state index contributed by atoms with van der Waals surface area (Å²) >= 11 is 5.94. The van der Waals surface area contributed by atoms with Gasteiger partial charge in [0, 0.05) is 16.8 Å². The van der Waals surface area contributed by atoms with Gasteiger partial charge in [-0.2, -0.15) is 5.10 Å². The fraction of sp³-hybridized carbons (Fsp3) is 0.0909. The van der Waals surface area contributed by atoms with Crippen LogP contribution in [0.2, 0.25) is 5.02 Å². The zero-order valence-electron chi connectivity index (χ0n) is 9.13. The first-order valence-corrected chi connectivity index (χ1v) is 5.28. The molecule has 0 amide bonds. The first kappa shape index (κ1) is 11.5. The number of hydrogen-bond donors (Lipinski definition) is 2. The van der Waals surface area contributed by atoms with Crippen molar-refractivity contribution in [3.63, 3.8) is 0 Å². The minimum atomic E-state index is 0.0184. The number of aromatic nitrogens is 2. The maximum absolute atomic E-state index is 8.73. The standard InChI is InChI=1S/C11H11ClN4O/c1-7-5-14-16(6-7)10-4-8(12)2-3-9(10)11(13)15-17/h2-6,17H,1H3,(H2,13,15). The number of hydrogen-bond acceptors (Lipinski definition) is 3. The van der Waals surface area contributed by atoms with Gasteiger partial charge >= 0.3 is 0 Å². The molecule has 1 heterocycles. The molecule has 88 valence electrons. The Balaban J connectivity index is 2.62. The number of oxime groups is 1. The van der Waals surface area contributed by atoms with Crippen LogP contribution in [0.15, 0.2) is 35.7 Å². The van der Waals surface area contributed by atoms with Crippen molar-refractivity contribution < 1.29 is 5.21 Å². The summed E-state index contributed by atoms with van der Waals surface area (Å²) in [6.45, 7) is 1.93. The van der Waals surface area contributed by atoms with E-state index < -0.39 is 0 Å². The summed E-state index contributed by atoms with van der Waals surface area (Å²) in [7, 11) is 0. The van der Waals surface area contributed by atoms with Gasteiger partial charge in [-0.3, -0.25) is 0 Å². The van der Waals surface area contributed by atoms with Crippen molar-refractivity contribution in [2.75, 3.05) is 0 Å². The van der Waals surface area contributed by atoms with Crippen molar-refractivity contribution in [1.29, 1.82) is 0 Å². The van der Waals surface area contributed by atoms with Crippen LogP contribution in [0.25, 0.3) is 5.69 Å². The van der Waals surface area contributed by atoms with E-state index in [4.69, 9.17) is 22.5 Å². The lowest BCUT2D eigenvalue weighted by molar-refractivity contribution is 0.318. The van der Waals surface area contributed by atoms with Gasteiger partial charge in [-0.1, -0.05) is 16.8 Å². The second kappa shape index (κ2) is 4.47. The second-order valence-electron chi connectivity index (χ2n) is 3.61. The fourth-order valence-electron chi connectivity index (χ4n) is 1.51. The molecule has 0 saturated carbocycles. The molecule has 1 aromatic carbocycles. The highest BCUT2D eigenvalue weighted by Crippen LogP contribution is 2.19. The van der Waals surface area contributed by atoms with E-state index in [1.54, 1.807) is 29.1 Å². The van der Waals surface area contributed by atoms with Gasteiger partial charge in [0.1, 0.15) is 0 Å². The smallest absolute Gasteiger partial charge is 0.172 e. The van der Waals surface area contributed by atoms with Crippen LogP contribution >= 0.6 is 11.6 Å². The Morgan fingerprint density at radius 1 is 1.53 bits per heavy atom. The second-order valence-corrected chi connectivity index (χ2v) is 4.05. The van der Waals surface area contributed by atoms with Gasteiger partial charge in [-0.15, -0.1) is 0 Å². The SMILES string of the molecule is Cc1cnn(-c2cc(Cl)ccc2C(N)=NO)c1. The molecule has 0 saturated heterocycles. The van der Waals surface area contributed by atoms with E-state index in [1.807, 2.05) is 13.1 Å². The number of amidine groups is 1. The molecule has 17 heavy (non-hydrogen) atoms. The third-order valence-corrected chi connectivity index (χ3v) is 2.54. The fourth-order valence-corrected chi connectivity index (χ4v) is 1.68. The molecule has 0 fully saturated rings. The summed E-state index contributed by atoms with van der Waals surface area (Å²) in [5.41, 5.74) is 7.85. The Morgan fingerprint density at radius 3 is 2.88 bits per heavy atom. The molecule has 0 radical (unpaired) electrons. The number of rotatable bonds is 2. The van der Waals surface area contributed by atoms with Gasteiger partial charge in [0.25, 0.3) is 0 Å². The topological polar surface area (TPSA) is 76.4 Å². The van der Waals surface area contributed by atoms with Crippen LogP contribution in [0.4, 0.5) is 0 Å². The van der Waals surface area contributed by atoms with E-state index in [2.05, 4.69) is 10.3 Å². The minimum absolute atomic E-state index is 0.0184. The Morgan fingerprint density at radius 2 is 2.29 bits per heavy atom. The normalized spacial score (nSPS) is 11.8. The third kappa shape index (κ3) is 2.24. The first-order chi connectivity index (χ1) is 8.11. The van der Waals surface area contributed by atoms with Gasteiger partial charge in [-0.25, -0.2) is 4.68 Å². The summed E-state index contributed by atoms with van der Waals surface area (Å²) < 4.78 is 1.63. The summed E-state index contributed by atoms with van der Waals surface area (Å²) in [6.07, 6.45) is 3.55. The largest absolute Gasteiger partial charge is 0.409 e. The van der Waals surface area contributed by atoms with E-state index in [0.717, 1.165) is 5.56 Å². The van der Waals surface area contributed by atoms with Crippen molar-refractivity contribution in [2.45, 2.75) is 6.92 Å². The Hall–Kier alpha value is -2.01. The van der Waals surface area contributed by atoms with Crippen LogP contribution in [-0.4, -0.2) is 20.8 Å². The van der Waals surface area contributed by atoms with E-state index >= 15 is 0 Å². The van der Waals surface area contributed by atoms with Gasteiger partial charge in [0.15, 0.2) is 5.84 Å². The molecule has 6 heteroatoms. The highest BCUT2D eigenvalue weighted by atomic mass is 35.5. The number of nitrogens with zero attached hydrogens (tertiary/aromatic N) is 3. The zero-order chi connectivity index (χ0) is 12.4. The summed E-state index contributed by atoms with van der Waals surface area (Å²) in [5.74, 6) is 0.0184. The third-order valence-electron chi connectivity index (χ3n) is 2.30. The van der Waals surface area contributed by atoms with Crippen molar-refractivity contribution >= 4 is 17.4 Å². The predicted molar refractivity (Wildman–Crippen MR) is 65.8 cm³/mol. The zero-order valence-corrected chi connectivity index (χ0v) is 9.89. The van der Waals surface area contributed by atoms with Gasteiger partial charge in [0.05, 0.1) is 11.9 Å². The van der Waals surface area contributed by atoms with Crippen molar-refractivity contribution in [3.8, 4) is 5.69 Å². The van der Waals surface area contributed by atoms with Crippen LogP contribution in [0.3, 0.4) is 0 Å². The summed E-state index contributed by atoms with van der Waals surface area (Å²) in [4.78, 5) is 0. The molecule has 1 aromatic heterocycles. The van der Waals surface area contributed by atoms with Crippen LogP contribution in [0.5, 0.6) is 0 Å². The molecule has 2 aromatic rings. The Bertz CT molecular complexity index is 577. The highest BCUT2D eigenvalue weighted by Gasteiger charge is 2.10. The number of benzene rings is 1. The lowest BCUT2D eigenvalue weighted by Crippen LogP contribution is -2.16. The van der Waals surface area contributed by atoms with E-state index in [1.165, 1.54) is 0 Å². The quantitative estimate of drug-likeness (QED) is 0.370. The molecule has 0 bridgehead atoms. The average molecular weight is 251 g/mol. The number of nitrogens with two attached hydrogens (primary N) is 1. The summed E-state index contributed by atoms with van der Waals surface area (Å²) in [6, 6.07) is 5.07. The Kier molecular flexibility index (Phi) is 3.01. The van der Waals surface area contributed by atoms with Crippen molar-refractivity contribution in [1.82, 2.24) is 9.78 Å². The lowest BCUT2D eigenvalue weighted by Gasteiger charge is -2.08. The van der Waals surface area contributed by atoms with Crippen LogP contribution in [0, 0.1) is 6.92 Å². The first-order valence-electron chi connectivity index (χ1n) is 4.91. The monoisotopic (exact) mass is 250 g/mol. The molecule has 3 N–H and O–H groups in total. The van der Waals surface area contributed by atoms with Crippen LogP contribution in [0.1, 0.15) is 11.1 Å². The lowest BCUT2D eigenvalue weighted by atomic mass is 10.1. The van der Waals surface area contributed by atoms with Crippen molar-refractivity contribution in [3.05, 3.63) is 46.7 Å². The average Bonchev–Trinajstić information content (AvgIpc) is 2.75. The van der Waals surface area contributed by atoms with Crippen molar-refractivity contribution in [2.24, 2.45) is 10.9 Å². The summed E-state index contributed by atoms with van der Waals surface area (Å²) in [5, 5.41) is 16.5. The molecule has 0 atom stereocenters. The van der Waals surface area contributed by atoms with Gasteiger partial charge in [-0.05, 0) is 30.7 Å². The molecule has 0 unspecified atom stereocenters. The van der Waals surface area contributed by atoms with E-state index in [-0.39, 0.29) is 5.84 Å². The maximum Gasteiger partial charge on any atom is 0.172 e. The number of halogens is 1. The predicted octanol–water partition coefficient (Wildman–Crippen LogP) is 1.93. The highest BCUT2D eigenvalue weighted by molar-refractivity contribution is 6.31. The molecule has 5 nitrogen and oxygen atoms in total. The van der Waals surface area contributed by atoms with E-state index in [0.29, 0.717) is 16.3 Å².